The van der Waals surface area contributed by atoms with Crippen molar-refractivity contribution in [2.75, 3.05) is 13.2 Å². The van der Waals surface area contributed by atoms with E-state index in [1.807, 2.05) is 0 Å². The Morgan fingerprint density at radius 3 is 0.816 bits per heavy atom. The Hall–Kier alpha value is -3.67. The smallest absolute Gasteiger partial charge is 0.306 e. The van der Waals surface area contributed by atoms with E-state index >= 15 is 0 Å². The number of esters is 3. The van der Waals surface area contributed by atoms with Gasteiger partial charge >= 0.3 is 17.9 Å². The molecule has 0 bridgehead atoms. The minimum atomic E-state index is -0.788. The lowest BCUT2D eigenvalue weighted by Crippen LogP contribution is -2.30. The largest absolute Gasteiger partial charge is 0.462 e. The van der Waals surface area contributed by atoms with Gasteiger partial charge in [0.05, 0.1) is 0 Å². The van der Waals surface area contributed by atoms with Crippen molar-refractivity contribution in [1.29, 1.82) is 0 Å². The number of carbonyl (C=O) groups excluding carboxylic acids is 3. The lowest BCUT2D eigenvalue weighted by Gasteiger charge is -2.18. The summed E-state index contributed by atoms with van der Waals surface area (Å²) in [4.78, 5) is 38.3. The summed E-state index contributed by atoms with van der Waals surface area (Å²) in [5.41, 5.74) is 0. The van der Waals surface area contributed by atoms with Gasteiger partial charge in [0.15, 0.2) is 6.10 Å². The maximum absolute atomic E-state index is 12.9. The van der Waals surface area contributed by atoms with E-state index in [1.54, 1.807) is 0 Å². The van der Waals surface area contributed by atoms with Crippen LogP contribution in [0.2, 0.25) is 0 Å². The zero-order valence-corrected chi connectivity index (χ0v) is 50.0. The van der Waals surface area contributed by atoms with Crippen molar-refractivity contribution in [3.05, 3.63) is 97.2 Å². The molecule has 0 aromatic rings. The van der Waals surface area contributed by atoms with Crippen molar-refractivity contribution >= 4 is 17.9 Å². The molecule has 1 unspecified atom stereocenters. The maximum Gasteiger partial charge on any atom is 0.306 e. The first kappa shape index (κ1) is 72.3. The molecular weight excluding hydrogens is 937 g/mol. The second kappa shape index (κ2) is 63.9. The number of unbranched alkanes of at least 4 members (excludes halogenated alkanes) is 31. The van der Waals surface area contributed by atoms with E-state index in [-0.39, 0.29) is 31.1 Å². The van der Waals surface area contributed by atoms with Crippen molar-refractivity contribution in [3.8, 4) is 0 Å². The molecule has 0 rings (SSSR count). The Bertz CT molecular complexity index is 1490. The van der Waals surface area contributed by atoms with Gasteiger partial charge in [0, 0.05) is 19.3 Å². The molecule has 1 atom stereocenters. The normalized spacial score (nSPS) is 12.7. The average Bonchev–Trinajstić information content (AvgIpc) is 3.42. The molecule has 0 aliphatic heterocycles. The molecule has 0 saturated carbocycles. The second-order valence-corrected chi connectivity index (χ2v) is 21.3. The number of rotatable bonds is 58. The Balaban J connectivity index is 4.25. The molecule has 0 aromatic heterocycles. The van der Waals surface area contributed by atoms with Crippen molar-refractivity contribution in [2.45, 2.75) is 316 Å². The van der Waals surface area contributed by atoms with Gasteiger partial charge in [-0.05, 0) is 96.3 Å². The highest BCUT2D eigenvalue weighted by molar-refractivity contribution is 5.71. The third-order valence-corrected chi connectivity index (χ3v) is 13.8. The van der Waals surface area contributed by atoms with Crippen LogP contribution in [0.3, 0.4) is 0 Å². The summed E-state index contributed by atoms with van der Waals surface area (Å²) in [5, 5.41) is 0. The van der Waals surface area contributed by atoms with Gasteiger partial charge in [-0.3, -0.25) is 14.4 Å². The monoisotopic (exact) mass is 1060 g/mol. The molecule has 0 aliphatic carbocycles. The van der Waals surface area contributed by atoms with Crippen LogP contribution in [-0.4, -0.2) is 37.2 Å². The lowest BCUT2D eigenvalue weighted by atomic mass is 10.0. The molecular formula is C70H120O6. The fourth-order valence-corrected chi connectivity index (χ4v) is 9.07. The minimum Gasteiger partial charge on any atom is -0.462 e. The van der Waals surface area contributed by atoms with E-state index in [1.165, 1.54) is 154 Å². The highest BCUT2D eigenvalue weighted by atomic mass is 16.6. The van der Waals surface area contributed by atoms with Crippen LogP contribution in [0.4, 0.5) is 0 Å². The van der Waals surface area contributed by atoms with Crippen molar-refractivity contribution in [3.63, 3.8) is 0 Å². The summed E-state index contributed by atoms with van der Waals surface area (Å²) >= 11 is 0. The average molecular weight is 1060 g/mol. The van der Waals surface area contributed by atoms with Gasteiger partial charge in [-0.25, -0.2) is 0 Å². The summed E-state index contributed by atoms with van der Waals surface area (Å²) in [6.45, 7) is 6.42. The van der Waals surface area contributed by atoms with Crippen LogP contribution in [-0.2, 0) is 28.6 Å². The molecule has 0 saturated heterocycles. The predicted molar refractivity (Wildman–Crippen MR) is 330 cm³/mol. The molecule has 76 heavy (non-hydrogen) atoms. The van der Waals surface area contributed by atoms with Gasteiger partial charge < -0.3 is 14.2 Å². The van der Waals surface area contributed by atoms with E-state index in [4.69, 9.17) is 14.2 Å². The van der Waals surface area contributed by atoms with Crippen molar-refractivity contribution < 1.29 is 28.6 Å². The molecule has 6 nitrogen and oxygen atoms in total. The molecule has 0 radical (unpaired) electrons. The zero-order valence-electron chi connectivity index (χ0n) is 50.0. The van der Waals surface area contributed by atoms with Crippen molar-refractivity contribution in [2.24, 2.45) is 0 Å². The molecule has 0 heterocycles. The second-order valence-electron chi connectivity index (χ2n) is 21.3. The summed E-state index contributed by atoms with van der Waals surface area (Å²) in [6.07, 6.45) is 85.7. The molecule has 0 fully saturated rings. The van der Waals surface area contributed by atoms with Gasteiger partial charge in [-0.2, -0.15) is 0 Å². The molecule has 0 aliphatic rings. The number of carbonyl (C=O) groups is 3. The first-order chi connectivity index (χ1) is 37.5. The van der Waals surface area contributed by atoms with Gasteiger partial charge in [-0.15, -0.1) is 0 Å². The van der Waals surface area contributed by atoms with Crippen LogP contribution >= 0.6 is 0 Å². The molecule has 0 spiro atoms. The molecule has 436 valence electrons. The van der Waals surface area contributed by atoms with Gasteiger partial charge in [-0.1, -0.05) is 291 Å². The van der Waals surface area contributed by atoms with E-state index < -0.39 is 6.10 Å². The van der Waals surface area contributed by atoms with E-state index in [2.05, 4.69) is 118 Å². The molecule has 0 amide bonds. The Labute approximate surface area is 470 Å². The van der Waals surface area contributed by atoms with Gasteiger partial charge in [0.2, 0.25) is 0 Å². The van der Waals surface area contributed by atoms with Gasteiger partial charge in [0.1, 0.15) is 13.2 Å². The fourth-order valence-electron chi connectivity index (χ4n) is 9.07. The number of ether oxygens (including phenoxy) is 3. The van der Waals surface area contributed by atoms with Crippen LogP contribution in [0.25, 0.3) is 0 Å². The lowest BCUT2D eigenvalue weighted by molar-refractivity contribution is -0.167. The van der Waals surface area contributed by atoms with Crippen molar-refractivity contribution in [1.82, 2.24) is 0 Å². The number of hydrogen-bond acceptors (Lipinski definition) is 6. The highest BCUT2D eigenvalue weighted by Gasteiger charge is 2.19. The third-order valence-electron chi connectivity index (χ3n) is 13.8. The van der Waals surface area contributed by atoms with E-state index in [0.29, 0.717) is 19.3 Å². The maximum atomic E-state index is 12.9. The predicted octanol–water partition coefficient (Wildman–Crippen LogP) is 22.0. The third kappa shape index (κ3) is 61.2. The molecule has 6 heteroatoms. The van der Waals surface area contributed by atoms with Crippen LogP contribution in [0.5, 0.6) is 0 Å². The minimum absolute atomic E-state index is 0.0844. The van der Waals surface area contributed by atoms with Crippen LogP contribution in [0, 0.1) is 0 Å². The SMILES string of the molecule is CC/C=C\C/C=C\C/C=C\C/C=C\C/C=C\CCCCCCCCCCCCCCCC(=O)OCC(COC(=O)CCCCC/C=C\C/C=C\C/C=C\CC)OC(=O)CCCCCCCCCCCCCCCCCC. The summed E-state index contributed by atoms with van der Waals surface area (Å²) < 4.78 is 16.9. The molecule has 0 N–H and O–H groups in total. The topological polar surface area (TPSA) is 78.9 Å². The fraction of sp³-hybridized carbons (Fsp3) is 0.729. The van der Waals surface area contributed by atoms with Crippen LogP contribution < -0.4 is 0 Å². The quantitative estimate of drug-likeness (QED) is 0.0261. The standard InChI is InChI=1S/C70H120O6/c1-4-7-10-13-16-19-22-25-27-29-30-31-32-33-34-35-36-37-38-39-40-41-43-45-48-51-54-57-60-63-69(72)75-66-67(65-74-68(71)62-59-56-53-50-47-44-24-21-18-15-12-9-6-3)76-70(73)64-61-58-55-52-49-46-42-28-26-23-20-17-14-11-8-5-2/h7,9-10,12,16,18-19,21,25,27,30-31,33-34,44,47,67H,4-6,8,11,13-15,17,20,22-24,26,28-29,32,35-43,45-46,48-66H2,1-3H3/b10-7-,12-9-,19-16-,21-18-,27-25-,31-30-,34-33-,47-44-. The summed E-state index contributed by atoms with van der Waals surface area (Å²) in [6, 6.07) is 0. The number of hydrogen-bond donors (Lipinski definition) is 0. The van der Waals surface area contributed by atoms with E-state index in [9.17, 15) is 14.4 Å². The first-order valence-corrected chi connectivity index (χ1v) is 32.2. The Kier molecular flexibility index (Phi) is 60.8. The Morgan fingerprint density at radius 1 is 0.276 bits per heavy atom. The van der Waals surface area contributed by atoms with Crippen LogP contribution in [0.15, 0.2) is 97.2 Å². The Morgan fingerprint density at radius 2 is 0.513 bits per heavy atom. The zero-order chi connectivity index (χ0) is 55.0. The number of allylic oxidation sites excluding steroid dienone is 16. The summed E-state index contributed by atoms with van der Waals surface area (Å²) in [7, 11) is 0. The molecule has 0 aromatic carbocycles. The first-order valence-electron chi connectivity index (χ1n) is 32.2. The highest BCUT2D eigenvalue weighted by Crippen LogP contribution is 2.17. The van der Waals surface area contributed by atoms with E-state index in [0.717, 1.165) is 116 Å². The summed E-state index contributed by atoms with van der Waals surface area (Å²) in [5.74, 6) is -0.904. The van der Waals surface area contributed by atoms with Gasteiger partial charge in [0.25, 0.3) is 0 Å². The van der Waals surface area contributed by atoms with Crippen LogP contribution in [0.1, 0.15) is 310 Å².